The number of piperidine rings is 1. The van der Waals surface area contributed by atoms with Gasteiger partial charge in [0.05, 0.1) is 4.47 Å². The van der Waals surface area contributed by atoms with E-state index in [4.69, 9.17) is 4.74 Å². The molecule has 0 spiro atoms. The third kappa shape index (κ3) is 4.71. The highest BCUT2D eigenvalue weighted by Gasteiger charge is 2.22. The third-order valence-corrected chi connectivity index (χ3v) is 4.45. The molecule has 4 nitrogen and oxygen atoms in total. The Balaban J connectivity index is 1.87. The van der Waals surface area contributed by atoms with Crippen LogP contribution < -0.4 is 10.1 Å². The van der Waals surface area contributed by atoms with Crippen LogP contribution in [0.5, 0.6) is 5.75 Å². The van der Waals surface area contributed by atoms with Gasteiger partial charge < -0.3 is 15.0 Å². The highest BCUT2D eigenvalue weighted by molar-refractivity contribution is 9.10. The molecule has 0 radical (unpaired) electrons. The Morgan fingerprint density at radius 3 is 2.71 bits per heavy atom. The number of nitrogens with zero attached hydrogens (tertiary/aromatic N) is 1. The Morgan fingerprint density at radius 1 is 1.43 bits per heavy atom. The van der Waals surface area contributed by atoms with Crippen molar-refractivity contribution in [3.63, 3.8) is 0 Å². The third-order valence-electron chi connectivity index (χ3n) is 3.83. The molecule has 116 valence electrons. The molecule has 1 heterocycles. The molecule has 1 fully saturated rings. The Labute approximate surface area is 135 Å². The second-order valence-electron chi connectivity index (χ2n) is 5.78. The van der Waals surface area contributed by atoms with Crippen molar-refractivity contribution < 1.29 is 9.53 Å². The van der Waals surface area contributed by atoms with E-state index < -0.39 is 6.10 Å². The van der Waals surface area contributed by atoms with Gasteiger partial charge in [-0.05, 0) is 80.5 Å². The van der Waals surface area contributed by atoms with Crippen molar-refractivity contribution in [2.24, 2.45) is 0 Å². The molecule has 1 atom stereocenters. The number of likely N-dealkylation sites (tertiary alicyclic amines) is 1. The van der Waals surface area contributed by atoms with E-state index in [-0.39, 0.29) is 11.9 Å². The second kappa shape index (κ2) is 7.27. The first-order valence-electron chi connectivity index (χ1n) is 7.37. The maximum atomic E-state index is 12.2. The molecule has 21 heavy (non-hydrogen) atoms. The first-order chi connectivity index (χ1) is 9.95. The summed E-state index contributed by atoms with van der Waals surface area (Å²) in [5, 5.41) is 3.08. The van der Waals surface area contributed by atoms with E-state index in [0.29, 0.717) is 5.75 Å². The molecule has 1 N–H and O–H groups in total. The lowest BCUT2D eigenvalue weighted by molar-refractivity contribution is -0.128. The second-order valence-corrected chi connectivity index (χ2v) is 6.63. The fraction of sp³-hybridized carbons (Fsp3) is 0.562. The minimum atomic E-state index is -0.497. The Morgan fingerprint density at radius 2 is 2.10 bits per heavy atom. The summed E-state index contributed by atoms with van der Waals surface area (Å²) >= 11 is 3.47. The van der Waals surface area contributed by atoms with E-state index >= 15 is 0 Å². The zero-order valence-electron chi connectivity index (χ0n) is 12.9. The summed E-state index contributed by atoms with van der Waals surface area (Å²) in [5.41, 5.74) is 1.15. The molecule has 1 aliphatic rings. The van der Waals surface area contributed by atoms with Crippen LogP contribution in [0.1, 0.15) is 25.3 Å². The topological polar surface area (TPSA) is 41.6 Å². The lowest BCUT2D eigenvalue weighted by Gasteiger charge is -2.30. The zero-order valence-corrected chi connectivity index (χ0v) is 14.4. The van der Waals surface area contributed by atoms with Crippen molar-refractivity contribution in [1.82, 2.24) is 10.2 Å². The predicted octanol–water partition coefficient (Wildman–Crippen LogP) is 2.74. The number of benzene rings is 1. The average molecular weight is 355 g/mol. The minimum absolute atomic E-state index is 0.0444. The maximum Gasteiger partial charge on any atom is 0.260 e. The van der Waals surface area contributed by atoms with Gasteiger partial charge in [-0.25, -0.2) is 0 Å². The fourth-order valence-corrected chi connectivity index (χ4v) is 3.00. The van der Waals surface area contributed by atoms with E-state index in [0.717, 1.165) is 36.0 Å². The number of hydrogen-bond donors (Lipinski definition) is 1. The molecule has 1 saturated heterocycles. The van der Waals surface area contributed by atoms with Gasteiger partial charge in [-0.2, -0.15) is 0 Å². The van der Waals surface area contributed by atoms with E-state index in [1.807, 2.05) is 25.1 Å². The molecule has 2 rings (SSSR count). The number of ether oxygens (including phenoxy) is 1. The maximum absolute atomic E-state index is 12.2. The fourth-order valence-electron chi connectivity index (χ4n) is 2.42. The standard InChI is InChI=1S/C16H23BrN2O2/c1-11-4-5-15(14(17)10-11)21-12(2)16(20)18-13-6-8-19(3)9-7-13/h4-5,10,12-13H,6-9H2,1-3H3,(H,18,20). The van der Waals surface area contributed by atoms with Crippen LogP contribution in [0.25, 0.3) is 0 Å². The number of carbonyl (C=O) groups is 1. The van der Waals surface area contributed by atoms with Gasteiger partial charge in [-0.15, -0.1) is 0 Å². The van der Waals surface area contributed by atoms with Gasteiger partial charge in [0.25, 0.3) is 5.91 Å². The first-order valence-corrected chi connectivity index (χ1v) is 8.16. The molecule has 1 aliphatic heterocycles. The molecule has 1 aromatic rings. The number of hydrogen-bond acceptors (Lipinski definition) is 3. The zero-order chi connectivity index (χ0) is 15.4. The van der Waals surface area contributed by atoms with Crippen LogP contribution in [0.2, 0.25) is 0 Å². The number of nitrogens with one attached hydrogen (secondary N) is 1. The monoisotopic (exact) mass is 354 g/mol. The first kappa shape index (κ1) is 16.3. The van der Waals surface area contributed by atoms with E-state index in [1.54, 1.807) is 6.92 Å². The molecule has 0 aliphatic carbocycles. The van der Waals surface area contributed by atoms with Crippen molar-refractivity contribution in [3.8, 4) is 5.75 Å². The summed E-state index contributed by atoms with van der Waals surface area (Å²) in [6, 6.07) is 6.11. The van der Waals surface area contributed by atoms with Crippen molar-refractivity contribution in [1.29, 1.82) is 0 Å². The minimum Gasteiger partial charge on any atom is -0.480 e. The summed E-state index contributed by atoms with van der Waals surface area (Å²) < 4.78 is 6.63. The predicted molar refractivity (Wildman–Crippen MR) is 87.6 cm³/mol. The highest BCUT2D eigenvalue weighted by Crippen LogP contribution is 2.26. The molecule has 0 aromatic heterocycles. The van der Waals surface area contributed by atoms with Crippen LogP contribution >= 0.6 is 15.9 Å². The van der Waals surface area contributed by atoms with Gasteiger partial charge in [0.1, 0.15) is 5.75 Å². The van der Waals surface area contributed by atoms with Crippen LogP contribution in [-0.4, -0.2) is 43.1 Å². The molecule has 1 aromatic carbocycles. The van der Waals surface area contributed by atoms with Gasteiger partial charge >= 0.3 is 0 Å². The molecule has 5 heteroatoms. The summed E-state index contributed by atoms with van der Waals surface area (Å²) in [7, 11) is 2.11. The SMILES string of the molecule is Cc1ccc(OC(C)C(=O)NC2CCN(C)CC2)c(Br)c1. The number of carbonyl (C=O) groups excluding carboxylic acids is 1. The van der Waals surface area contributed by atoms with Gasteiger partial charge in [-0.1, -0.05) is 6.07 Å². The van der Waals surface area contributed by atoms with Gasteiger partial charge in [0.15, 0.2) is 6.10 Å². The molecular weight excluding hydrogens is 332 g/mol. The van der Waals surface area contributed by atoms with E-state index in [2.05, 4.69) is 33.2 Å². The average Bonchev–Trinajstić information content (AvgIpc) is 2.44. The van der Waals surface area contributed by atoms with Crippen LogP contribution in [0.3, 0.4) is 0 Å². The molecular formula is C16H23BrN2O2. The van der Waals surface area contributed by atoms with Crippen LogP contribution in [0.4, 0.5) is 0 Å². The van der Waals surface area contributed by atoms with Gasteiger partial charge in [0.2, 0.25) is 0 Å². The van der Waals surface area contributed by atoms with Crippen LogP contribution in [-0.2, 0) is 4.79 Å². The van der Waals surface area contributed by atoms with Crippen molar-refractivity contribution in [3.05, 3.63) is 28.2 Å². The van der Waals surface area contributed by atoms with E-state index in [1.165, 1.54) is 0 Å². The number of amides is 1. The van der Waals surface area contributed by atoms with Crippen LogP contribution in [0.15, 0.2) is 22.7 Å². The Bertz CT molecular complexity index is 499. The molecule has 0 bridgehead atoms. The normalized spacial score (nSPS) is 18.3. The van der Waals surface area contributed by atoms with Gasteiger partial charge in [-0.3, -0.25) is 4.79 Å². The van der Waals surface area contributed by atoms with Crippen molar-refractivity contribution in [2.45, 2.75) is 38.8 Å². The lowest BCUT2D eigenvalue weighted by Crippen LogP contribution is -2.47. The number of aryl methyl sites for hydroxylation is 1. The highest BCUT2D eigenvalue weighted by atomic mass is 79.9. The number of rotatable bonds is 4. The summed E-state index contributed by atoms with van der Waals surface area (Å²) in [5.74, 6) is 0.656. The summed E-state index contributed by atoms with van der Waals surface area (Å²) in [6.45, 7) is 5.87. The van der Waals surface area contributed by atoms with Crippen molar-refractivity contribution in [2.75, 3.05) is 20.1 Å². The van der Waals surface area contributed by atoms with Crippen molar-refractivity contribution >= 4 is 21.8 Å². The Hall–Kier alpha value is -1.07. The smallest absolute Gasteiger partial charge is 0.260 e. The summed E-state index contributed by atoms with van der Waals surface area (Å²) in [6.07, 6.45) is 1.51. The molecule has 1 amide bonds. The number of halogens is 1. The lowest BCUT2D eigenvalue weighted by atomic mass is 10.1. The quantitative estimate of drug-likeness (QED) is 0.903. The summed E-state index contributed by atoms with van der Waals surface area (Å²) in [4.78, 5) is 14.5. The largest absolute Gasteiger partial charge is 0.480 e. The van der Waals surface area contributed by atoms with Crippen LogP contribution in [0, 0.1) is 6.92 Å². The van der Waals surface area contributed by atoms with Gasteiger partial charge in [0, 0.05) is 6.04 Å². The molecule has 1 unspecified atom stereocenters. The molecule has 0 saturated carbocycles. The Kier molecular flexibility index (Phi) is 5.65. The van der Waals surface area contributed by atoms with E-state index in [9.17, 15) is 4.79 Å².